The second-order valence-electron chi connectivity index (χ2n) is 26.5. The number of aliphatic hydroxyl groups is 1. The van der Waals surface area contributed by atoms with Crippen LogP contribution in [0.1, 0.15) is 331 Å². The molecule has 0 aliphatic heterocycles. The molecular formula is C68H132O17P2. The number of carbonyl (C=O) groups is 4. The fourth-order valence-electron chi connectivity index (χ4n) is 10.1. The minimum Gasteiger partial charge on any atom is -0.462 e. The van der Waals surface area contributed by atoms with Gasteiger partial charge < -0.3 is 33.8 Å². The van der Waals surface area contributed by atoms with E-state index in [1.807, 2.05) is 0 Å². The minimum absolute atomic E-state index is 0.101. The highest BCUT2D eigenvalue weighted by molar-refractivity contribution is 7.47. The van der Waals surface area contributed by atoms with Crippen LogP contribution in [0.2, 0.25) is 0 Å². The minimum atomic E-state index is -4.95. The summed E-state index contributed by atoms with van der Waals surface area (Å²) in [5.74, 6) is 0.759. The molecule has 0 amide bonds. The van der Waals surface area contributed by atoms with Crippen molar-refractivity contribution in [3.05, 3.63) is 0 Å². The third kappa shape index (κ3) is 62.6. The van der Waals surface area contributed by atoms with E-state index in [0.717, 1.165) is 108 Å². The Morgan fingerprint density at radius 3 is 0.713 bits per heavy atom. The van der Waals surface area contributed by atoms with Crippen LogP contribution in [-0.4, -0.2) is 96.7 Å². The Labute approximate surface area is 530 Å². The van der Waals surface area contributed by atoms with E-state index in [1.165, 1.54) is 128 Å². The summed E-state index contributed by atoms with van der Waals surface area (Å²) in [7, 11) is -9.90. The third-order valence-electron chi connectivity index (χ3n) is 15.6. The number of hydrogen-bond donors (Lipinski definition) is 3. The van der Waals surface area contributed by atoms with E-state index >= 15 is 0 Å². The van der Waals surface area contributed by atoms with Gasteiger partial charge in [-0.25, -0.2) is 9.13 Å². The Kier molecular flexibility index (Phi) is 56.6. The number of carbonyl (C=O) groups excluding carboxylic acids is 4. The quantitative estimate of drug-likeness (QED) is 0.0222. The van der Waals surface area contributed by atoms with E-state index in [2.05, 4.69) is 55.4 Å². The van der Waals surface area contributed by atoms with E-state index in [-0.39, 0.29) is 25.7 Å². The topological polar surface area (TPSA) is 237 Å². The molecule has 0 radical (unpaired) electrons. The zero-order valence-corrected chi connectivity index (χ0v) is 58.4. The van der Waals surface area contributed by atoms with Crippen molar-refractivity contribution in [2.75, 3.05) is 39.6 Å². The Hall–Kier alpha value is -1.94. The molecule has 2 unspecified atom stereocenters. The maximum atomic E-state index is 13.0. The first-order valence-corrected chi connectivity index (χ1v) is 38.2. The number of ether oxygens (including phenoxy) is 4. The molecule has 516 valence electrons. The molecule has 0 fully saturated rings. The molecule has 0 aromatic heterocycles. The van der Waals surface area contributed by atoms with Gasteiger partial charge >= 0.3 is 39.5 Å². The molecule has 0 spiro atoms. The van der Waals surface area contributed by atoms with Gasteiger partial charge in [0, 0.05) is 25.7 Å². The van der Waals surface area contributed by atoms with Crippen molar-refractivity contribution in [3.63, 3.8) is 0 Å². The molecule has 0 aliphatic rings. The van der Waals surface area contributed by atoms with Gasteiger partial charge in [-0.3, -0.25) is 37.3 Å². The summed E-state index contributed by atoms with van der Waals surface area (Å²) in [4.78, 5) is 72.4. The molecule has 0 aromatic carbocycles. The van der Waals surface area contributed by atoms with E-state index in [1.54, 1.807) is 0 Å². The molecule has 0 saturated carbocycles. The molecule has 0 saturated heterocycles. The Morgan fingerprint density at radius 1 is 0.287 bits per heavy atom. The maximum absolute atomic E-state index is 13.0. The summed E-state index contributed by atoms with van der Waals surface area (Å²) in [5.41, 5.74) is 0. The smallest absolute Gasteiger partial charge is 0.462 e. The largest absolute Gasteiger partial charge is 0.472 e. The lowest BCUT2D eigenvalue weighted by Crippen LogP contribution is -2.30. The normalized spacial score (nSPS) is 14.3. The molecule has 0 aromatic rings. The summed E-state index contributed by atoms with van der Waals surface area (Å²) in [5, 5.41) is 10.6. The highest BCUT2D eigenvalue weighted by Crippen LogP contribution is 2.45. The van der Waals surface area contributed by atoms with Gasteiger partial charge in [-0.1, -0.05) is 280 Å². The SMILES string of the molecule is CC(C)CCCCCCCCCCCCCCC(=O)O[C@H](COC(=O)CCCCCCCCCCCCCC(C)C)COP(=O)(O)OC[C@@H](O)COP(=O)(O)OC[C@@H](COC(=O)CCCCCCCCC(C)C)OC(=O)CCCCCCCCC(C)C. The van der Waals surface area contributed by atoms with Crippen molar-refractivity contribution in [1.29, 1.82) is 0 Å². The van der Waals surface area contributed by atoms with Crippen LogP contribution in [-0.2, 0) is 65.4 Å². The summed E-state index contributed by atoms with van der Waals surface area (Å²) >= 11 is 0. The summed E-state index contributed by atoms with van der Waals surface area (Å²) in [6, 6.07) is 0. The summed E-state index contributed by atoms with van der Waals surface area (Å²) in [6.07, 6.45) is 39.3. The van der Waals surface area contributed by atoms with Crippen molar-refractivity contribution in [2.24, 2.45) is 23.7 Å². The predicted molar refractivity (Wildman–Crippen MR) is 349 cm³/mol. The number of phosphoric ester groups is 2. The number of aliphatic hydroxyl groups excluding tert-OH is 1. The Bertz CT molecular complexity index is 1730. The van der Waals surface area contributed by atoms with Gasteiger partial charge in [0.2, 0.25) is 0 Å². The molecule has 17 nitrogen and oxygen atoms in total. The molecule has 0 aliphatic carbocycles. The lowest BCUT2D eigenvalue weighted by atomic mass is 10.0. The molecule has 3 N–H and O–H groups in total. The molecule has 0 heterocycles. The van der Waals surface area contributed by atoms with Crippen molar-refractivity contribution in [3.8, 4) is 0 Å². The molecule has 0 rings (SSSR count). The first-order chi connectivity index (χ1) is 41.6. The average molecular weight is 1280 g/mol. The highest BCUT2D eigenvalue weighted by atomic mass is 31.2. The first kappa shape index (κ1) is 85.1. The van der Waals surface area contributed by atoms with Crippen LogP contribution in [0.4, 0.5) is 0 Å². The van der Waals surface area contributed by atoms with Crippen molar-refractivity contribution < 1.29 is 80.2 Å². The maximum Gasteiger partial charge on any atom is 0.472 e. The van der Waals surface area contributed by atoms with Crippen LogP contribution in [0, 0.1) is 23.7 Å². The van der Waals surface area contributed by atoms with Crippen molar-refractivity contribution in [2.45, 2.75) is 350 Å². The second-order valence-corrected chi connectivity index (χ2v) is 29.4. The predicted octanol–water partition coefficient (Wildman–Crippen LogP) is 18.9. The summed E-state index contributed by atoms with van der Waals surface area (Å²) < 4.78 is 68.1. The van der Waals surface area contributed by atoms with E-state index in [4.69, 9.17) is 37.0 Å². The Morgan fingerprint density at radius 2 is 0.483 bits per heavy atom. The number of phosphoric acid groups is 2. The van der Waals surface area contributed by atoms with Crippen LogP contribution in [0.3, 0.4) is 0 Å². The van der Waals surface area contributed by atoms with Gasteiger partial charge in [0.25, 0.3) is 0 Å². The molecule has 5 atom stereocenters. The molecule has 87 heavy (non-hydrogen) atoms. The zero-order chi connectivity index (χ0) is 64.7. The summed E-state index contributed by atoms with van der Waals surface area (Å²) in [6.45, 7) is 14.0. The van der Waals surface area contributed by atoms with Gasteiger partial charge in [-0.05, 0) is 49.4 Å². The van der Waals surface area contributed by atoms with Crippen LogP contribution in [0.25, 0.3) is 0 Å². The number of esters is 4. The Balaban J connectivity index is 5.23. The van der Waals surface area contributed by atoms with E-state index in [9.17, 15) is 43.2 Å². The van der Waals surface area contributed by atoms with E-state index in [0.29, 0.717) is 37.5 Å². The van der Waals surface area contributed by atoms with E-state index < -0.39 is 97.5 Å². The standard InChI is InChI=1S/C68H132O17P2/c1-58(2)44-36-28-20-16-12-9-10-14-19-23-34-42-50-67(72)84-63(54-78-65(70)48-40-32-22-18-15-11-13-17-21-29-37-45-59(3)4)56-82-86(74,75)80-52-62(69)53-81-87(76,77)83-57-64(85-68(73)51-43-35-27-25-31-39-47-61(7)8)55-79-66(71)49-41-33-26-24-30-38-46-60(5)6/h58-64,69H,9-57H2,1-8H3,(H,74,75)(H,76,77)/t62-,63-,64-/m1/s1. The van der Waals surface area contributed by atoms with Gasteiger partial charge in [0.1, 0.15) is 19.3 Å². The molecular weight excluding hydrogens is 1150 g/mol. The monoisotopic (exact) mass is 1280 g/mol. The number of hydrogen-bond acceptors (Lipinski definition) is 15. The fraction of sp³-hybridized carbons (Fsp3) is 0.941. The van der Waals surface area contributed by atoms with Gasteiger partial charge in [-0.15, -0.1) is 0 Å². The lowest BCUT2D eigenvalue weighted by molar-refractivity contribution is -0.161. The third-order valence-corrected chi connectivity index (χ3v) is 17.5. The second kappa shape index (κ2) is 57.9. The van der Waals surface area contributed by atoms with Crippen LogP contribution in [0.5, 0.6) is 0 Å². The van der Waals surface area contributed by atoms with Crippen LogP contribution < -0.4 is 0 Å². The fourth-order valence-corrected chi connectivity index (χ4v) is 11.7. The first-order valence-electron chi connectivity index (χ1n) is 35.2. The zero-order valence-electron chi connectivity index (χ0n) is 56.6. The molecule has 0 bridgehead atoms. The van der Waals surface area contributed by atoms with Gasteiger partial charge in [0.05, 0.1) is 26.4 Å². The van der Waals surface area contributed by atoms with Gasteiger partial charge in [-0.2, -0.15) is 0 Å². The van der Waals surface area contributed by atoms with Gasteiger partial charge in [0.15, 0.2) is 12.2 Å². The van der Waals surface area contributed by atoms with Crippen LogP contribution >= 0.6 is 15.6 Å². The number of unbranched alkanes of at least 4 members (excludes halogenated alkanes) is 31. The van der Waals surface area contributed by atoms with Crippen LogP contribution in [0.15, 0.2) is 0 Å². The van der Waals surface area contributed by atoms with Crippen molar-refractivity contribution in [1.82, 2.24) is 0 Å². The highest BCUT2D eigenvalue weighted by Gasteiger charge is 2.30. The number of rotatable bonds is 65. The average Bonchev–Trinajstić information content (AvgIpc) is 3.67. The lowest BCUT2D eigenvalue weighted by Gasteiger charge is -2.21. The molecule has 19 heteroatoms. The van der Waals surface area contributed by atoms with Crippen molar-refractivity contribution >= 4 is 39.5 Å².